The highest BCUT2D eigenvalue weighted by Gasteiger charge is 2.05. The number of rotatable bonds is 2. The summed E-state index contributed by atoms with van der Waals surface area (Å²) >= 11 is 5.31. The monoisotopic (exact) mass is 245 g/mol. The van der Waals surface area contributed by atoms with Gasteiger partial charge in [-0.1, -0.05) is 0 Å². The number of imidazole rings is 1. The summed E-state index contributed by atoms with van der Waals surface area (Å²) in [6, 6.07) is 1.96. The molecule has 17 heavy (non-hydrogen) atoms. The van der Waals surface area contributed by atoms with Crippen molar-refractivity contribution in [3.8, 4) is 0 Å². The molecule has 6 heteroatoms. The summed E-state index contributed by atoms with van der Waals surface area (Å²) in [5, 5.41) is 4.15. The fourth-order valence-electron chi connectivity index (χ4n) is 1.90. The highest BCUT2D eigenvalue weighted by Crippen LogP contribution is 2.14. The Kier molecular flexibility index (Phi) is 2.29. The molecular formula is C11H11N5S. The number of aromatic nitrogens is 5. The molecule has 3 aromatic rings. The Morgan fingerprint density at radius 3 is 3.06 bits per heavy atom. The zero-order valence-electron chi connectivity index (χ0n) is 9.29. The largest absolute Gasteiger partial charge is 0.329 e. The Morgan fingerprint density at radius 1 is 1.41 bits per heavy atom. The van der Waals surface area contributed by atoms with Crippen molar-refractivity contribution in [3.63, 3.8) is 0 Å². The number of fused-ring (bicyclic) bond motifs is 1. The maximum absolute atomic E-state index is 5.31. The van der Waals surface area contributed by atoms with Crippen molar-refractivity contribution >= 4 is 23.3 Å². The Bertz CT molecular complexity index is 721. The second kappa shape index (κ2) is 3.81. The van der Waals surface area contributed by atoms with Gasteiger partial charge in [0.25, 0.3) is 0 Å². The number of aryl methyl sites for hydroxylation is 1. The molecule has 0 radical (unpaired) electrons. The molecule has 0 spiro atoms. The summed E-state index contributed by atoms with van der Waals surface area (Å²) in [7, 11) is 1.90. The van der Waals surface area contributed by atoms with Crippen LogP contribution in [0.2, 0.25) is 0 Å². The van der Waals surface area contributed by atoms with E-state index in [4.69, 9.17) is 12.2 Å². The van der Waals surface area contributed by atoms with Crippen LogP contribution in [0.1, 0.15) is 5.56 Å². The smallest absolute Gasteiger partial charge is 0.178 e. The van der Waals surface area contributed by atoms with Crippen molar-refractivity contribution in [1.29, 1.82) is 0 Å². The second-order valence-electron chi connectivity index (χ2n) is 3.93. The van der Waals surface area contributed by atoms with Gasteiger partial charge in [0.05, 0.1) is 30.0 Å². The molecule has 0 amide bonds. The van der Waals surface area contributed by atoms with E-state index in [1.807, 2.05) is 30.1 Å². The third-order valence-electron chi connectivity index (χ3n) is 2.67. The number of hydrogen-bond acceptors (Lipinski definition) is 3. The van der Waals surface area contributed by atoms with E-state index in [-0.39, 0.29) is 0 Å². The first kappa shape index (κ1) is 10.2. The average molecular weight is 245 g/mol. The van der Waals surface area contributed by atoms with E-state index in [0.29, 0.717) is 4.77 Å². The van der Waals surface area contributed by atoms with Crippen LogP contribution < -0.4 is 0 Å². The molecule has 5 nitrogen and oxygen atoms in total. The fourth-order valence-corrected chi connectivity index (χ4v) is 2.18. The fraction of sp³-hybridized carbons (Fsp3) is 0.182. The molecular weight excluding hydrogens is 234 g/mol. The maximum Gasteiger partial charge on any atom is 0.178 e. The maximum atomic E-state index is 5.31. The van der Waals surface area contributed by atoms with Crippen molar-refractivity contribution in [2.24, 2.45) is 7.05 Å². The highest BCUT2D eigenvalue weighted by molar-refractivity contribution is 7.71. The van der Waals surface area contributed by atoms with Crippen LogP contribution in [0.15, 0.2) is 30.9 Å². The Balaban J connectivity index is 2.11. The van der Waals surface area contributed by atoms with Crippen LogP contribution in [0.3, 0.4) is 0 Å². The predicted octanol–water partition coefficient (Wildman–Crippen LogP) is 1.88. The standard InChI is InChI=1S/C11H11N5S/c1-15-6-8(4-13-15)7-16-10-2-3-12-5-9(10)14-11(16)17/h2-6H,7H2,1H3,(H,14,17). The van der Waals surface area contributed by atoms with E-state index >= 15 is 0 Å². The summed E-state index contributed by atoms with van der Waals surface area (Å²) < 4.78 is 4.54. The summed E-state index contributed by atoms with van der Waals surface area (Å²) in [4.78, 5) is 7.21. The van der Waals surface area contributed by atoms with Crippen LogP contribution in [-0.2, 0) is 13.6 Å². The van der Waals surface area contributed by atoms with Gasteiger partial charge >= 0.3 is 0 Å². The van der Waals surface area contributed by atoms with Gasteiger partial charge in [0.15, 0.2) is 4.77 Å². The normalized spacial score (nSPS) is 11.1. The first-order valence-corrected chi connectivity index (χ1v) is 5.65. The van der Waals surface area contributed by atoms with Gasteiger partial charge in [0.2, 0.25) is 0 Å². The molecule has 0 bridgehead atoms. The Hall–Kier alpha value is -1.95. The molecule has 0 aliphatic rings. The minimum atomic E-state index is 0.705. The van der Waals surface area contributed by atoms with E-state index in [2.05, 4.69) is 15.1 Å². The molecule has 0 aliphatic carbocycles. The van der Waals surface area contributed by atoms with Gasteiger partial charge in [-0.2, -0.15) is 5.10 Å². The molecule has 86 valence electrons. The number of nitrogens with zero attached hydrogens (tertiary/aromatic N) is 4. The highest BCUT2D eigenvalue weighted by atomic mass is 32.1. The van der Waals surface area contributed by atoms with E-state index in [0.717, 1.165) is 23.1 Å². The molecule has 0 fully saturated rings. The van der Waals surface area contributed by atoms with Crippen LogP contribution in [0.5, 0.6) is 0 Å². The van der Waals surface area contributed by atoms with Crippen LogP contribution in [-0.4, -0.2) is 24.3 Å². The molecule has 3 aromatic heterocycles. The van der Waals surface area contributed by atoms with E-state index in [1.165, 1.54) is 0 Å². The van der Waals surface area contributed by atoms with Gasteiger partial charge in [-0.25, -0.2) is 0 Å². The van der Waals surface area contributed by atoms with E-state index < -0.39 is 0 Å². The SMILES string of the molecule is Cn1cc(Cn2c(=S)[nH]c3cnccc32)cn1. The molecule has 0 aromatic carbocycles. The lowest BCUT2D eigenvalue weighted by Gasteiger charge is -2.01. The number of pyridine rings is 1. The molecule has 0 unspecified atom stereocenters. The first-order chi connectivity index (χ1) is 8.24. The van der Waals surface area contributed by atoms with Gasteiger partial charge in [-0.3, -0.25) is 9.67 Å². The van der Waals surface area contributed by atoms with E-state index in [1.54, 1.807) is 17.1 Å². The molecule has 0 saturated heterocycles. The van der Waals surface area contributed by atoms with Gasteiger partial charge in [0, 0.05) is 25.0 Å². The van der Waals surface area contributed by atoms with Crippen molar-refractivity contribution in [2.45, 2.75) is 6.54 Å². The Morgan fingerprint density at radius 2 is 2.29 bits per heavy atom. The lowest BCUT2D eigenvalue weighted by atomic mass is 10.3. The van der Waals surface area contributed by atoms with Crippen molar-refractivity contribution in [1.82, 2.24) is 24.3 Å². The van der Waals surface area contributed by atoms with Gasteiger partial charge in [-0.15, -0.1) is 0 Å². The first-order valence-electron chi connectivity index (χ1n) is 5.24. The van der Waals surface area contributed by atoms with Crippen LogP contribution >= 0.6 is 12.2 Å². The lowest BCUT2D eigenvalue weighted by Crippen LogP contribution is -1.98. The zero-order chi connectivity index (χ0) is 11.8. The number of hydrogen-bond donors (Lipinski definition) is 1. The third kappa shape index (κ3) is 1.76. The van der Waals surface area contributed by atoms with Crippen molar-refractivity contribution < 1.29 is 0 Å². The summed E-state index contributed by atoms with van der Waals surface area (Å²) in [6.45, 7) is 0.719. The Labute approximate surface area is 103 Å². The van der Waals surface area contributed by atoms with Crippen LogP contribution in [0.25, 0.3) is 11.0 Å². The number of H-pyrrole nitrogens is 1. The predicted molar refractivity (Wildman–Crippen MR) is 67.2 cm³/mol. The van der Waals surface area contributed by atoms with Gasteiger partial charge in [-0.05, 0) is 18.3 Å². The molecule has 3 rings (SSSR count). The van der Waals surface area contributed by atoms with Gasteiger partial charge < -0.3 is 9.55 Å². The van der Waals surface area contributed by atoms with Gasteiger partial charge in [0.1, 0.15) is 0 Å². The minimum Gasteiger partial charge on any atom is -0.329 e. The summed E-state index contributed by atoms with van der Waals surface area (Å²) in [5.74, 6) is 0. The quantitative estimate of drug-likeness (QED) is 0.701. The van der Waals surface area contributed by atoms with Crippen molar-refractivity contribution in [2.75, 3.05) is 0 Å². The zero-order valence-corrected chi connectivity index (χ0v) is 10.1. The number of aromatic amines is 1. The summed E-state index contributed by atoms with van der Waals surface area (Å²) in [6.07, 6.45) is 7.39. The van der Waals surface area contributed by atoms with E-state index in [9.17, 15) is 0 Å². The molecule has 0 atom stereocenters. The lowest BCUT2D eigenvalue weighted by molar-refractivity contribution is 0.763. The molecule has 0 aliphatic heterocycles. The molecule has 3 heterocycles. The van der Waals surface area contributed by atoms with Crippen molar-refractivity contribution in [3.05, 3.63) is 41.2 Å². The topological polar surface area (TPSA) is 51.4 Å². The summed E-state index contributed by atoms with van der Waals surface area (Å²) in [5.41, 5.74) is 3.15. The number of nitrogens with one attached hydrogen (secondary N) is 1. The third-order valence-corrected chi connectivity index (χ3v) is 3.00. The second-order valence-corrected chi connectivity index (χ2v) is 4.32. The van der Waals surface area contributed by atoms with Crippen LogP contribution in [0.4, 0.5) is 0 Å². The molecule has 0 saturated carbocycles. The average Bonchev–Trinajstić information content (AvgIpc) is 2.85. The minimum absolute atomic E-state index is 0.705. The molecule has 1 N–H and O–H groups in total. The van der Waals surface area contributed by atoms with Crippen LogP contribution in [0, 0.1) is 4.77 Å².